The van der Waals surface area contributed by atoms with Gasteiger partial charge in [0, 0.05) is 0 Å². The summed E-state index contributed by atoms with van der Waals surface area (Å²) in [7, 11) is 0. The van der Waals surface area contributed by atoms with E-state index in [2.05, 4.69) is 211 Å². The van der Waals surface area contributed by atoms with Gasteiger partial charge in [-0.2, -0.15) is 0 Å². The largest absolute Gasteiger partial charge is 0.0622 e. The summed E-state index contributed by atoms with van der Waals surface area (Å²) in [5, 5.41) is 5.48. The second kappa shape index (κ2) is 26.5. The van der Waals surface area contributed by atoms with E-state index < -0.39 is 0 Å². The zero-order chi connectivity index (χ0) is 56.5. The highest BCUT2D eigenvalue weighted by Gasteiger charge is 2.55. The minimum Gasteiger partial charge on any atom is -0.0622 e. The molecule has 7 aromatic carbocycles. The minimum atomic E-state index is 0.419. The first kappa shape index (κ1) is 58.8. The molecule has 3 unspecified atom stereocenters. The Labute approximate surface area is 499 Å². The van der Waals surface area contributed by atoms with E-state index >= 15 is 0 Å². The van der Waals surface area contributed by atoms with Crippen LogP contribution in [0.15, 0.2) is 176 Å². The van der Waals surface area contributed by atoms with Crippen molar-refractivity contribution in [1.82, 2.24) is 0 Å². The second-order valence-electron chi connectivity index (χ2n) is 29.6. The summed E-state index contributed by atoms with van der Waals surface area (Å²) >= 11 is 0. The topological polar surface area (TPSA) is 0 Å². The molecule has 16 rings (SSSR count). The lowest BCUT2D eigenvalue weighted by molar-refractivity contribution is -0.0523. The van der Waals surface area contributed by atoms with Gasteiger partial charge in [0.05, 0.1) is 0 Å². The van der Waals surface area contributed by atoms with Crippen LogP contribution in [0.4, 0.5) is 0 Å². The number of hydrogen-bond acceptors (Lipinski definition) is 0. The van der Waals surface area contributed by atoms with Crippen molar-refractivity contribution in [2.45, 2.75) is 241 Å². The first-order valence-electron chi connectivity index (χ1n) is 34.1. The maximum atomic E-state index is 2.56. The normalized spacial score (nSPS) is 29.3. The highest BCUT2D eigenvalue weighted by atomic mass is 14.6. The van der Waals surface area contributed by atoms with E-state index in [0.29, 0.717) is 27.1 Å². The molecular weight excluding hydrogens is 985 g/mol. The minimum absolute atomic E-state index is 0.419. The predicted molar refractivity (Wildman–Crippen MR) is 354 cm³/mol. The molecule has 0 amide bonds. The van der Waals surface area contributed by atoms with Crippen LogP contribution >= 0.6 is 0 Å². The molecule has 0 saturated heterocycles. The van der Waals surface area contributed by atoms with Crippen molar-refractivity contribution in [3.8, 4) is 0 Å². The number of hydrogen-bond donors (Lipinski definition) is 0. The zero-order valence-corrected chi connectivity index (χ0v) is 52.0. The van der Waals surface area contributed by atoms with Crippen LogP contribution in [-0.4, -0.2) is 0 Å². The fourth-order valence-corrected chi connectivity index (χ4v) is 18.7. The van der Waals surface area contributed by atoms with Gasteiger partial charge in [0.1, 0.15) is 0 Å². The molecule has 0 spiro atoms. The maximum absolute atomic E-state index is 2.56. The Morgan fingerprint density at radius 3 is 1.09 bits per heavy atom. The van der Waals surface area contributed by atoms with Gasteiger partial charge in [0.2, 0.25) is 0 Å². The summed E-state index contributed by atoms with van der Waals surface area (Å²) in [6.07, 6.45) is 40.1. The average Bonchev–Trinajstić information content (AvgIpc) is 2.39. The fourth-order valence-electron chi connectivity index (χ4n) is 18.7. The van der Waals surface area contributed by atoms with Gasteiger partial charge < -0.3 is 0 Å². The quantitative estimate of drug-likeness (QED) is 0.161. The third-order valence-electron chi connectivity index (χ3n) is 24.0. The van der Waals surface area contributed by atoms with Crippen molar-refractivity contribution in [2.75, 3.05) is 0 Å². The molecule has 0 aliphatic heterocycles. The molecule has 0 N–H and O–H groups in total. The van der Waals surface area contributed by atoms with Gasteiger partial charge in [0.25, 0.3) is 0 Å². The summed E-state index contributed by atoms with van der Waals surface area (Å²) in [6.45, 7) is 12.4. The molecular formula is C82H106. The number of rotatable bonds is 5. The van der Waals surface area contributed by atoms with Crippen molar-refractivity contribution in [1.29, 1.82) is 0 Å². The van der Waals surface area contributed by atoms with Crippen LogP contribution in [0.2, 0.25) is 0 Å². The third-order valence-corrected chi connectivity index (χ3v) is 24.0. The molecule has 4 bridgehead atoms. The molecule has 9 aliphatic rings. The molecule has 82 heavy (non-hydrogen) atoms. The SMILES string of the molecule is CC1(c2ccc3ccccc3c2)CCCC1.CC1(c2ccc3ccccc3c2)CCCCC1.CC1(c2ccccc2)C2CC3CC(C2)CC1C3.CC1(c2ccccc2)CCC2CCCCC2C1.CC1(c2ccccc2)CCCCCCC1. The van der Waals surface area contributed by atoms with Gasteiger partial charge in [-0.1, -0.05) is 300 Å². The molecule has 0 radical (unpaired) electrons. The van der Waals surface area contributed by atoms with Gasteiger partial charge in [-0.05, 0) is 202 Å². The molecule has 0 aromatic heterocycles. The molecule has 0 nitrogen and oxygen atoms in total. The van der Waals surface area contributed by atoms with Crippen LogP contribution in [-0.2, 0) is 27.1 Å². The Bertz CT molecular complexity index is 3020. The molecule has 9 fully saturated rings. The van der Waals surface area contributed by atoms with E-state index in [9.17, 15) is 0 Å². The lowest BCUT2D eigenvalue weighted by Gasteiger charge is -2.60. The van der Waals surface area contributed by atoms with Gasteiger partial charge in [-0.3, -0.25) is 0 Å². The van der Waals surface area contributed by atoms with E-state index in [4.69, 9.17) is 0 Å². The summed E-state index contributed by atoms with van der Waals surface area (Å²) < 4.78 is 0. The van der Waals surface area contributed by atoms with E-state index in [-0.39, 0.29) is 0 Å². The summed E-state index contributed by atoms with van der Waals surface area (Å²) in [6, 6.07) is 65.0. The van der Waals surface area contributed by atoms with Crippen molar-refractivity contribution < 1.29 is 0 Å². The Kier molecular flexibility index (Phi) is 19.0. The predicted octanol–water partition coefficient (Wildman–Crippen LogP) is 23.8. The van der Waals surface area contributed by atoms with Crippen LogP contribution in [0.1, 0.15) is 242 Å². The Morgan fingerprint density at radius 1 is 0.268 bits per heavy atom. The maximum Gasteiger partial charge on any atom is -0.00184 e. The van der Waals surface area contributed by atoms with Crippen LogP contribution in [0.25, 0.3) is 21.5 Å². The van der Waals surface area contributed by atoms with Gasteiger partial charge >= 0.3 is 0 Å². The van der Waals surface area contributed by atoms with Crippen molar-refractivity contribution in [3.63, 3.8) is 0 Å². The highest BCUT2D eigenvalue weighted by Crippen LogP contribution is 2.63. The van der Waals surface area contributed by atoms with E-state index in [1.165, 1.54) is 206 Å². The summed E-state index contributed by atoms with van der Waals surface area (Å²) in [4.78, 5) is 0. The van der Waals surface area contributed by atoms with Crippen LogP contribution in [0.5, 0.6) is 0 Å². The van der Waals surface area contributed by atoms with Crippen LogP contribution < -0.4 is 0 Å². The first-order valence-corrected chi connectivity index (χ1v) is 34.1. The standard InChI is InChI=1S/C17H22.C17H20.C17H24.C16H18.C15H22/c1-17(14-5-3-2-4-6-14)15-8-12-7-13(10-15)11-16(17)9-12;1-17(11-5-2-6-12-17)16-10-9-14-7-3-4-8-15(14)13-16;1-17(16-9-3-2-4-10-16)12-11-14-7-5-6-8-15(14)13-17;1-16(10-4-5-11-16)15-9-8-13-6-2-3-7-14(13)12-15;1-15(14-10-6-5-7-11-14)12-8-3-2-4-9-13-15/h2-6,12-13,15-16H,7-11H2,1H3;3-4,7-10,13H,2,5-6,11-12H2,1H3;2-4,9-10,14-15H,5-8,11-13H2,1H3;2-3,6-9,12H,4-5,10-11H2,1H3;5-7,10-11H,2-4,8-9,12-13H2,1H3. The van der Waals surface area contributed by atoms with Gasteiger partial charge in [-0.25, -0.2) is 0 Å². The van der Waals surface area contributed by atoms with Crippen molar-refractivity contribution >= 4 is 21.5 Å². The Morgan fingerprint density at radius 2 is 0.622 bits per heavy atom. The zero-order valence-electron chi connectivity index (χ0n) is 52.0. The Balaban J connectivity index is 0.000000108. The highest BCUT2D eigenvalue weighted by molar-refractivity contribution is 5.84. The number of fused-ring (bicyclic) bond motifs is 3. The molecule has 434 valence electrons. The van der Waals surface area contributed by atoms with Crippen molar-refractivity contribution in [2.24, 2.45) is 35.5 Å². The van der Waals surface area contributed by atoms with E-state index in [1.807, 2.05) is 0 Å². The monoisotopic (exact) mass is 1090 g/mol. The molecule has 0 heteroatoms. The second-order valence-corrected chi connectivity index (χ2v) is 29.6. The molecule has 9 aliphatic carbocycles. The molecule has 3 atom stereocenters. The first-order chi connectivity index (χ1) is 39.9. The van der Waals surface area contributed by atoms with E-state index in [0.717, 1.165) is 35.5 Å². The lowest BCUT2D eigenvalue weighted by atomic mass is 9.44. The smallest absolute Gasteiger partial charge is 0.00184 e. The lowest BCUT2D eigenvalue weighted by Crippen LogP contribution is -2.53. The van der Waals surface area contributed by atoms with Crippen molar-refractivity contribution in [3.05, 3.63) is 204 Å². The molecule has 0 heterocycles. The average molecular weight is 1090 g/mol. The molecule has 7 aromatic rings. The number of benzene rings is 7. The summed E-state index contributed by atoms with van der Waals surface area (Å²) in [5.74, 6) is 6.18. The van der Waals surface area contributed by atoms with Crippen LogP contribution in [0.3, 0.4) is 0 Å². The summed E-state index contributed by atoms with van der Waals surface area (Å²) in [5.41, 5.74) is 10.1. The Hall–Kier alpha value is -4.94. The van der Waals surface area contributed by atoms with Gasteiger partial charge in [0.15, 0.2) is 0 Å². The van der Waals surface area contributed by atoms with Gasteiger partial charge in [-0.15, -0.1) is 0 Å². The third kappa shape index (κ3) is 13.6. The fraction of sp³-hybridized carbons (Fsp3) is 0.537. The van der Waals surface area contributed by atoms with E-state index in [1.54, 1.807) is 23.1 Å². The molecule has 9 saturated carbocycles. The van der Waals surface area contributed by atoms with Crippen LogP contribution in [0, 0.1) is 35.5 Å².